The molecule has 1 aromatic carbocycles. The Kier molecular flexibility index (Phi) is 3.14. The van der Waals surface area contributed by atoms with Gasteiger partial charge in [0.2, 0.25) is 5.91 Å². The molecule has 0 saturated heterocycles. The van der Waals surface area contributed by atoms with Gasteiger partial charge in [-0.1, -0.05) is 18.2 Å². The molecule has 1 unspecified atom stereocenters. The van der Waals surface area contributed by atoms with Gasteiger partial charge in [-0.25, -0.2) is 4.98 Å². The Hall–Kier alpha value is -2.37. The number of rotatable bonds is 4. The summed E-state index contributed by atoms with van der Waals surface area (Å²) in [6.07, 6.45) is 2.13. The zero-order valence-electron chi connectivity index (χ0n) is 10.4. The fourth-order valence-electron chi connectivity index (χ4n) is 2.30. The predicted octanol–water partition coefficient (Wildman–Crippen LogP) is 0.673. The van der Waals surface area contributed by atoms with Crippen molar-refractivity contribution in [3.63, 3.8) is 0 Å². The number of nitrogens with one attached hydrogen (secondary N) is 3. The molecule has 0 bridgehead atoms. The van der Waals surface area contributed by atoms with Crippen molar-refractivity contribution in [3.8, 4) is 0 Å². The van der Waals surface area contributed by atoms with E-state index in [0.29, 0.717) is 19.5 Å². The van der Waals surface area contributed by atoms with Crippen molar-refractivity contribution in [1.82, 2.24) is 20.5 Å². The highest BCUT2D eigenvalue weighted by atomic mass is 16.1. The third-order valence-electron chi connectivity index (χ3n) is 3.28. The molecule has 0 saturated carbocycles. The van der Waals surface area contributed by atoms with E-state index in [2.05, 4.69) is 25.8 Å². The van der Waals surface area contributed by atoms with Crippen LogP contribution < -0.4 is 10.6 Å². The maximum Gasteiger partial charge on any atom is 0.229 e. The summed E-state index contributed by atoms with van der Waals surface area (Å²) < 4.78 is 0. The zero-order chi connectivity index (χ0) is 13.1. The van der Waals surface area contributed by atoms with Crippen LogP contribution in [0, 0.1) is 0 Å². The number of aromatic nitrogens is 3. The highest BCUT2D eigenvalue weighted by Gasteiger charge is 2.27. The van der Waals surface area contributed by atoms with Gasteiger partial charge in [-0.05, 0) is 11.6 Å². The molecule has 98 valence electrons. The summed E-state index contributed by atoms with van der Waals surface area (Å²) in [7, 11) is 0. The average Bonchev–Trinajstić information content (AvgIpc) is 3.07. The normalized spacial score (nSPS) is 16.7. The van der Waals surface area contributed by atoms with Crippen LogP contribution >= 0.6 is 0 Å². The number of aromatic amines is 1. The number of benzene rings is 1. The van der Waals surface area contributed by atoms with Crippen molar-refractivity contribution in [2.24, 2.45) is 0 Å². The average molecular weight is 257 g/mol. The monoisotopic (exact) mass is 257 g/mol. The van der Waals surface area contributed by atoms with E-state index in [1.807, 2.05) is 24.3 Å². The maximum absolute atomic E-state index is 12.1. The van der Waals surface area contributed by atoms with Crippen molar-refractivity contribution in [2.45, 2.75) is 12.3 Å². The molecule has 1 amide bonds. The molecule has 0 radical (unpaired) electrons. The molecule has 19 heavy (non-hydrogen) atoms. The number of H-pyrrole nitrogens is 1. The topological polar surface area (TPSA) is 82.7 Å². The summed E-state index contributed by atoms with van der Waals surface area (Å²) in [5.74, 6) is 0.730. The molecule has 3 N–H and O–H groups in total. The molecule has 2 aromatic rings. The van der Waals surface area contributed by atoms with Crippen LogP contribution in [0.5, 0.6) is 0 Å². The van der Waals surface area contributed by atoms with Gasteiger partial charge in [0.25, 0.3) is 0 Å². The second-order valence-electron chi connectivity index (χ2n) is 4.49. The fourth-order valence-corrected chi connectivity index (χ4v) is 2.30. The quantitative estimate of drug-likeness (QED) is 0.752. The van der Waals surface area contributed by atoms with E-state index in [1.54, 1.807) is 0 Å². The number of fused-ring (bicyclic) bond motifs is 1. The smallest absolute Gasteiger partial charge is 0.229 e. The first kappa shape index (κ1) is 11.7. The lowest BCUT2D eigenvalue weighted by atomic mass is 10.0. The third kappa shape index (κ3) is 2.42. The minimum atomic E-state index is -0.106. The Morgan fingerprint density at radius 2 is 2.32 bits per heavy atom. The second-order valence-corrected chi connectivity index (χ2v) is 4.49. The number of para-hydroxylation sites is 1. The first-order valence-corrected chi connectivity index (χ1v) is 6.29. The molecule has 1 atom stereocenters. The van der Waals surface area contributed by atoms with Crippen LogP contribution in [0.4, 0.5) is 5.69 Å². The van der Waals surface area contributed by atoms with Gasteiger partial charge in [-0.15, -0.1) is 0 Å². The standard InChI is InChI=1S/C13H15N5O/c19-13(14-6-5-12-16-8-17-18-12)10-7-15-11-4-2-1-3-9(10)11/h1-4,8,10,15H,5-7H2,(H,14,19)(H,16,17,18). The summed E-state index contributed by atoms with van der Waals surface area (Å²) in [6, 6.07) is 7.92. The molecule has 2 heterocycles. The minimum absolute atomic E-state index is 0.0527. The molecular weight excluding hydrogens is 242 g/mol. The van der Waals surface area contributed by atoms with Crippen LogP contribution in [0.3, 0.4) is 0 Å². The molecule has 1 aliphatic heterocycles. The number of anilines is 1. The summed E-state index contributed by atoms with van der Waals surface area (Å²) in [5, 5.41) is 12.7. The Morgan fingerprint density at radius 1 is 1.42 bits per heavy atom. The lowest BCUT2D eigenvalue weighted by Crippen LogP contribution is -2.32. The maximum atomic E-state index is 12.1. The van der Waals surface area contributed by atoms with Gasteiger partial charge >= 0.3 is 0 Å². The van der Waals surface area contributed by atoms with E-state index < -0.39 is 0 Å². The van der Waals surface area contributed by atoms with Crippen molar-refractivity contribution in [3.05, 3.63) is 42.0 Å². The largest absolute Gasteiger partial charge is 0.384 e. The zero-order valence-corrected chi connectivity index (χ0v) is 10.4. The van der Waals surface area contributed by atoms with Crippen LogP contribution in [-0.4, -0.2) is 34.2 Å². The summed E-state index contributed by atoms with van der Waals surface area (Å²) in [4.78, 5) is 16.2. The molecular formula is C13H15N5O. The second kappa shape index (κ2) is 5.09. The molecule has 3 rings (SSSR count). The van der Waals surface area contributed by atoms with Crippen LogP contribution in [0.15, 0.2) is 30.6 Å². The van der Waals surface area contributed by atoms with E-state index in [4.69, 9.17) is 0 Å². The summed E-state index contributed by atoms with van der Waals surface area (Å²) in [5.41, 5.74) is 2.12. The first-order chi connectivity index (χ1) is 9.34. The Labute approximate surface area is 110 Å². The van der Waals surface area contributed by atoms with Gasteiger partial charge in [0.05, 0.1) is 5.92 Å². The molecule has 1 aromatic heterocycles. The van der Waals surface area contributed by atoms with E-state index in [9.17, 15) is 4.79 Å². The van der Waals surface area contributed by atoms with Gasteiger partial charge in [0.1, 0.15) is 12.2 Å². The molecule has 1 aliphatic rings. The van der Waals surface area contributed by atoms with E-state index in [0.717, 1.165) is 17.1 Å². The summed E-state index contributed by atoms with van der Waals surface area (Å²) in [6.45, 7) is 1.22. The van der Waals surface area contributed by atoms with E-state index in [1.165, 1.54) is 6.33 Å². The minimum Gasteiger partial charge on any atom is -0.384 e. The van der Waals surface area contributed by atoms with Crippen molar-refractivity contribution in [2.75, 3.05) is 18.4 Å². The highest BCUT2D eigenvalue weighted by Crippen LogP contribution is 2.30. The third-order valence-corrected chi connectivity index (χ3v) is 3.28. The Balaban J connectivity index is 1.57. The van der Waals surface area contributed by atoms with Gasteiger partial charge in [0.15, 0.2) is 0 Å². The van der Waals surface area contributed by atoms with E-state index >= 15 is 0 Å². The Morgan fingerprint density at radius 3 is 3.16 bits per heavy atom. The van der Waals surface area contributed by atoms with Crippen molar-refractivity contribution >= 4 is 11.6 Å². The lowest BCUT2D eigenvalue weighted by Gasteiger charge is -2.10. The predicted molar refractivity (Wildman–Crippen MR) is 70.8 cm³/mol. The fraction of sp³-hybridized carbons (Fsp3) is 0.308. The molecule has 0 spiro atoms. The van der Waals surface area contributed by atoms with Gasteiger partial charge in [-0.2, -0.15) is 5.10 Å². The van der Waals surface area contributed by atoms with Crippen LogP contribution in [-0.2, 0) is 11.2 Å². The number of nitrogens with zero attached hydrogens (tertiary/aromatic N) is 2. The highest BCUT2D eigenvalue weighted by molar-refractivity contribution is 5.88. The van der Waals surface area contributed by atoms with Gasteiger partial charge in [-0.3, -0.25) is 9.89 Å². The van der Waals surface area contributed by atoms with Gasteiger partial charge < -0.3 is 10.6 Å². The number of carbonyl (C=O) groups excluding carboxylic acids is 1. The Bertz CT molecular complexity index is 566. The molecule has 0 fully saturated rings. The molecule has 6 nitrogen and oxygen atoms in total. The van der Waals surface area contributed by atoms with Crippen LogP contribution in [0.2, 0.25) is 0 Å². The summed E-state index contributed by atoms with van der Waals surface area (Å²) >= 11 is 0. The first-order valence-electron chi connectivity index (χ1n) is 6.29. The van der Waals surface area contributed by atoms with Crippen LogP contribution in [0.1, 0.15) is 17.3 Å². The molecule has 6 heteroatoms. The number of amides is 1. The SMILES string of the molecule is O=C(NCCc1ncn[nH]1)C1CNc2ccccc21. The number of hydrogen-bond acceptors (Lipinski definition) is 4. The van der Waals surface area contributed by atoms with E-state index in [-0.39, 0.29) is 11.8 Å². The van der Waals surface area contributed by atoms with Gasteiger partial charge in [0, 0.05) is 25.2 Å². The van der Waals surface area contributed by atoms with Crippen molar-refractivity contribution in [1.29, 1.82) is 0 Å². The van der Waals surface area contributed by atoms with Crippen molar-refractivity contribution < 1.29 is 4.79 Å². The molecule has 0 aliphatic carbocycles. The lowest BCUT2D eigenvalue weighted by molar-refractivity contribution is -0.122. The number of carbonyl (C=O) groups is 1. The van der Waals surface area contributed by atoms with Crippen LogP contribution in [0.25, 0.3) is 0 Å². The number of hydrogen-bond donors (Lipinski definition) is 3.